The van der Waals surface area contributed by atoms with E-state index in [0.717, 1.165) is 0 Å². The Morgan fingerprint density at radius 3 is 2.34 bits per heavy atom. The second kappa shape index (κ2) is 9.43. The summed E-state index contributed by atoms with van der Waals surface area (Å²) in [6.07, 6.45) is 0. The highest BCUT2D eigenvalue weighted by atomic mass is 32.2. The number of piperazine rings is 1. The first-order valence-electron chi connectivity index (χ1n) is 10.5. The number of para-hydroxylation sites is 1. The van der Waals surface area contributed by atoms with Crippen molar-refractivity contribution in [3.63, 3.8) is 0 Å². The Kier molecular flexibility index (Phi) is 6.63. The average molecular weight is 464 g/mol. The molecule has 2 heterocycles. The van der Waals surface area contributed by atoms with Crippen molar-refractivity contribution in [2.24, 2.45) is 0 Å². The molecule has 2 aromatic carbocycles. The van der Waals surface area contributed by atoms with E-state index in [2.05, 4.69) is 0 Å². The van der Waals surface area contributed by atoms with Crippen LogP contribution in [-0.2, 0) is 14.8 Å². The first kappa shape index (κ1) is 22.5. The third kappa shape index (κ3) is 4.43. The van der Waals surface area contributed by atoms with Gasteiger partial charge in [-0.3, -0.25) is 4.79 Å². The Morgan fingerprint density at radius 1 is 1.00 bits per heavy atom. The summed E-state index contributed by atoms with van der Waals surface area (Å²) in [7, 11) is -2.38. The van der Waals surface area contributed by atoms with Gasteiger partial charge in [0.05, 0.1) is 36.5 Å². The zero-order valence-electron chi connectivity index (χ0n) is 17.9. The predicted octanol–water partition coefficient (Wildman–Crippen LogP) is 1.82. The maximum atomic E-state index is 14.1. The lowest BCUT2D eigenvalue weighted by atomic mass is 10.1. The van der Waals surface area contributed by atoms with Gasteiger partial charge in [-0.25, -0.2) is 12.8 Å². The number of anilines is 1. The normalized spacial score (nSPS) is 17.9. The lowest BCUT2D eigenvalue weighted by molar-refractivity contribution is 0.0300. The largest absolute Gasteiger partial charge is 0.496 e. The molecule has 8 nitrogen and oxygen atoms in total. The van der Waals surface area contributed by atoms with Crippen LogP contribution in [0.15, 0.2) is 47.4 Å². The third-order valence-corrected chi connectivity index (χ3v) is 7.66. The second-order valence-electron chi connectivity index (χ2n) is 7.61. The fraction of sp³-hybridized carbons (Fsp3) is 0.409. The Balaban J connectivity index is 1.54. The van der Waals surface area contributed by atoms with Crippen LogP contribution in [0.4, 0.5) is 10.1 Å². The van der Waals surface area contributed by atoms with Crippen LogP contribution < -0.4 is 9.64 Å². The highest BCUT2D eigenvalue weighted by Gasteiger charge is 2.31. The number of carbonyl (C=O) groups excluding carboxylic acids is 1. The van der Waals surface area contributed by atoms with E-state index in [-0.39, 0.29) is 35.3 Å². The van der Waals surface area contributed by atoms with E-state index in [1.165, 1.54) is 35.7 Å². The molecule has 0 unspecified atom stereocenters. The molecule has 2 aromatic rings. The Bertz CT molecular complexity index is 1080. The molecule has 0 aromatic heterocycles. The van der Waals surface area contributed by atoms with E-state index in [1.54, 1.807) is 23.1 Å². The lowest BCUT2D eigenvalue weighted by Gasteiger charge is -2.35. The number of sulfonamides is 1. The number of hydrogen-bond acceptors (Lipinski definition) is 6. The number of morpholine rings is 1. The topological polar surface area (TPSA) is 79.4 Å². The zero-order chi connectivity index (χ0) is 22.7. The van der Waals surface area contributed by atoms with Gasteiger partial charge >= 0.3 is 0 Å². The highest BCUT2D eigenvalue weighted by Crippen LogP contribution is 2.28. The van der Waals surface area contributed by atoms with Gasteiger partial charge in [0.15, 0.2) is 0 Å². The summed E-state index contributed by atoms with van der Waals surface area (Å²) in [5.41, 5.74) is 0.674. The fourth-order valence-corrected chi connectivity index (χ4v) is 5.43. The number of halogens is 1. The van der Waals surface area contributed by atoms with Crippen LogP contribution in [0.3, 0.4) is 0 Å². The fourth-order valence-electron chi connectivity index (χ4n) is 3.98. The maximum absolute atomic E-state index is 14.1. The van der Waals surface area contributed by atoms with Crippen LogP contribution in [0, 0.1) is 5.82 Å². The van der Waals surface area contributed by atoms with Gasteiger partial charge in [-0.1, -0.05) is 12.1 Å². The van der Waals surface area contributed by atoms with Gasteiger partial charge in [0.1, 0.15) is 11.6 Å². The number of carbonyl (C=O) groups is 1. The Labute approximate surface area is 187 Å². The summed E-state index contributed by atoms with van der Waals surface area (Å²) in [4.78, 5) is 16.5. The van der Waals surface area contributed by atoms with Crippen LogP contribution in [-0.4, -0.2) is 83.1 Å². The number of methoxy groups -OCH3 is 1. The van der Waals surface area contributed by atoms with Crippen molar-refractivity contribution >= 4 is 21.6 Å². The molecular weight excluding hydrogens is 437 g/mol. The minimum atomic E-state index is -3.83. The van der Waals surface area contributed by atoms with Crippen molar-refractivity contribution in [2.75, 3.05) is 64.5 Å². The van der Waals surface area contributed by atoms with Crippen LogP contribution in [0.2, 0.25) is 0 Å². The first-order valence-corrected chi connectivity index (χ1v) is 11.9. The van der Waals surface area contributed by atoms with Gasteiger partial charge in [-0.15, -0.1) is 0 Å². The molecule has 0 aliphatic carbocycles. The first-order chi connectivity index (χ1) is 15.4. The van der Waals surface area contributed by atoms with E-state index in [0.29, 0.717) is 50.8 Å². The minimum Gasteiger partial charge on any atom is -0.496 e. The van der Waals surface area contributed by atoms with E-state index in [1.807, 2.05) is 4.90 Å². The SMILES string of the molecule is COc1ccc(S(=O)(=O)N2CCN(c3ccccc3F)CC2)cc1C(=O)N1CCOCC1. The second-order valence-corrected chi connectivity index (χ2v) is 9.55. The standard InChI is InChI=1S/C22H26FN3O5S/c1-30-21-7-6-17(16-18(21)22(27)25-12-14-31-15-13-25)32(28,29)26-10-8-24(9-11-26)20-5-3-2-4-19(20)23/h2-7,16H,8-15H2,1H3. The summed E-state index contributed by atoms with van der Waals surface area (Å²) in [5.74, 6) is -0.290. The predicted molar refractivity (Wildman–Crippen MR) is 117 cm³/mol. The molecular formula is C22H26FN3O5S. The number of nitrogens with zero attached hydrogens (tertiary/aromatic N) is 3. The number of rotatable bonds is 5. The summed E-state index contributed by atoms with van der Waals surface area (Å²) < 4.78 is 52.7. The van der Waals surface area contributed by atoms with Crippen molar-refractivity contribution < 1.29 is 27.1 Å². The molecule has 0 bridgehead atoms. The summed E-state index contributed by atoms with van der Waals surface area (Å²) in [6, 6.07) is 10.8. The van der Waals surface area contributed by atoms with Gasteiger partial charge in [0.2, 0.25) is 10.0 Å². The van der Waals surface area contributed by atoms with Crippen molar-refractivity contribution in [1.82, 2.24) is 9.21 Å². The quantitative estimate of drug-likeness (QED) is 0.673. The third-order valence-electron chi connectivity index (χ3n) is 5.77. The molecule has 4 rings (SSSR count). The monoisotopic (exact) mass is 463 g/mol. The Hall–Kier alpha value is -2.69. The molecule has 2 saturated heterocycles. The molecule has 32 heavy (non-hydrogen) atoms. The molecule has 0 radical (unpaired) electrons. The number of hydrogen-bond donors (Lipinski definition) is 0. The molecule has 0 saturated carbocycles. The number of amides is 1. The van der Waals surface area contributed by atoms with Crippen LogP contribution >= 0.6 is 0 Å². The number of ether oxygens (including phenoxy) is 2. The van der Waals surface area contributed by atoms with Gasteiger partial charge < -0.3 is 19.3 Å². The summed E-state index contributed by atoms with van der Waals surface area (Å²) in [6.45, 7) is 2.95. The van der Waals surface area contributed by atoms with Crippen LogP contribution in [0.25, 0.3) is 0 Å². The van der Waals surface area contributed by atoms with E-state index in [4.69, 9.17) is 9.47 Å². The van der Waals surface area contributed by atoms with Gasteiger partial charge in [0.25, 0.3) is 5.91 Å². The number of benzene rings is 2. The molecule has 1 amide bonds. The molecule has 2 fully saturated rings. The molecule has 2 aliphatic heterocycles. The Morgan fingerprint density at radius 2 is 1.69 bits per heavy atom. The molecule has 2 aliphatic rings. The van der Waals surface area contributed by atoms with Crippen LogP contribution in [0.1, 0.15) is 10.4 Å². The van der Waals surface area contributed by atoms with Crippen LogP contribution in [0.5, 0.6) is 5.75 Å². The van der Waals surface area contributed by atoms with E-state index in [9.17, 15) is 17.6 Å². The lowest BCUT2D eigenvalue weighted by Crippen LogP contribution is -2.49. The van der Waals surface area contributed by atoms with E-state index < -0.39 is 10.0 Å². The van der Waals surface area contributed by atoms with Crippen molar-refractivity contribution in [1.29, 1.82) is 0 Å². The smallest absolute Gasteiger partial charge is 0.257 e. The average Bonchev–Trinajstić information content (AvgIpc) is 2.84. The molecule has 0 N–H and O–H groups in total. The minimum absolute atomic E-state index is 0.0363. The van der Waals surface area contributed by atoms with Gasteiger partial charge in [-0.05, 0) is 30.3 Å². The molecule has 172 valence electrons. The van der Waals surface area contributed by atoms with Crippen molar-refractivity contribution in [3.05, 3.63) is 53.8 Å². The summed E-state index contributed by atoms with van der Waals surface area (Å²) >= 11 is 0. The van der Waals surface area contributed by atoms with Crippen molar-refractivity contribution in [3.8, 4) is 5.75 Å². The van der Waals surface area contributed by atoms with Crippen molar-refractivity contribution in [2.45, 2.75) is 4.90 Å². The van der Waals surface area contributed by atoms with Gasteiger partial charge in [0, 0.05) is 39.3 Å². The van der Waals surface area contributed by atoms with Gasteiger partial charge in [-0.2, -0.15) is 4.31 Å². The van der Waals surface area contributed by atoms with E-state index >= 15 is 0 Å². The summed E-state index contributed by atoms with van der Waals surface area (Å²) in [5, 5.41) is 0. The molecule has 10 heteroatoms. The maximum Gasteiger partial charge on any atom is 0.257 e. The zero-order valence-corrected chi connectivity index (χ0v) is 18.7. The molecule has 0 atom stereocenters. The highest BCUT2D eigenvalue weighted by molar-refractivity contribution is 7.89. The molecule has 0 spiro atoms.